The SMILES string of the molecule is CC(C)(C)OC(=O)N(CCc1ccc(Cl)c(Cl)c1)C1CNc2ccccc2C1. The summed E-state index contributed by atoms with van der Waals surface area (Å²) in [7, 11) is 0. The van der Waals surface area contributed by atoms with Crippen molar-refractivity contribution in [3.05, 3.63) is 63.6 Å². The van der Waals surface area contributed by atoms with E-state index in [-0.39, 0.29) is 12.1 Å². The van der Waals surface area contributed by atoms with Gasteiger partial charge in [0.05, 0.1) is 16.1 Å². The van der Waals surface area contributed by atoms with Crippen molar-refractivity contribution < 1.29 is 9.53 Å². The molecule has 150 valence electrons. The van der Waals surface area contributed by atoms with Crippen LogP contribution in [0.1, 0.15) is 31.9 Å². The predicted molar refractivity (Wildman–Crippen MR) is 116 cm³/mol. The number of nitrogens with zero attached hydrogens (tertiary/aromatic N) is 1. The van der Waals surface area contributed by atoms with Gasteiger partial charge in [-0.1, -0.05) is 47.5 Å². The largest absolute Gasteiger partial charge is 0.444 e. The first-order chi connectivity index (χ1) is 13.2. The Labute approximate surface area is 176 Å². The minimum absolute atomic E-state index is 0.0209. The quantitative estimate of drug-likeness (QED) is 0.678. The van der Waals surface area contributed by atoms with Gasteiger partial charge in [0, 0.05) is 18.8 Å². The average Bonchev–Trinajstić information content (AvgIpc) is 2.63. The Morgan fingerprint density at radius 1 is 1.18 bits per heavy atom. The molecule has 0 fully saturated rings. The molecule has 1 unspecified atom stereocenters. The number of benzene rings is 2. The van der Waals surface area contributed by atoms with Crippen LogP contribution in [0, 0.1) is 0 Å². The number of para-hydroxylation sites is 1. The van der Waals surface area contributed by atoms with Crippen molar-refractivity contribution >= 4 is 35.0 Å². The molecule has 0 bridgehead atoms. The molecule has 4 nitrogen and oxygen atoms in total. The summed E-state index contributed by atoms with van der Waals surface area (Å²) in [6, 6.07) is 13.8. The van der Waals surface area contributed by atoms with Crippen LogP contribution in [0.4, 0.5) is 10.5 Å². The molecule has 1 aliphatic heterocycles. The van der Waals surface area contributed by atoms with Crippen molar-refractivity contribution in [3.63, 3.8) is 0 Å². The standard InChI is InChI=1S/C22H26Cl2N2O2/c1-22(2,3)28-21(27)26(11-10-15-8-9-18(23)19(24)12-15)17-13-16-6-4-5-7-20(16)25-14-17/h4-9,12,17,25H,10-11,13-14H2,1-3H3. The van der Waals surface area contributed by atoms with E-state index in [1.807, 2.05) is 49.9 Å². The molecule has 28 heavy (non-hydrogen) atoms. The third kappa shape index (κ3) is 5.33. The van der Waals surface area contributed by atoms with Crippen LogP contribution in [0.25, 0.3) is 0 Å². The molecule has 0 aromatic heterocycles. The number of hydrogen-bond donors (Lipinski definition) is 1. The van der Waals surface area contributed by atoms with Crippen LogP contribution in [0.15, 0.2) is 42.5 Å². The fourth-order valence-electron chi connectivity index (χ4n) is 3.33. The summed E-state index contributed by atoms with van der Waals surface area (Å²) in [5.74, 6) is 0. The topological polar surface area (TPSA) is 41.6 Å². The van der Waals surface area contributed by atoms with Crippen molar-refractivity contribution in [2.45, 2.75) is 45.3 Å². The van der Waals surface area contributed by atoms with Crippen LogP contribution in [-0.4, -0.2) is 35.7 Å². The highest BCUT2D eigenvalue weighted by atomic mass is 35.5. The van der Waals surface area contributed by atoms with Crippen molar-refractivity contribution in [2.24, 2.45) is 0 Å². The molecule has 0 aliphatic carbocycles. The number of rotatable bonds is 4. The number of nitrogens with one attached hydrogen (secondary N) is 1. The van der Waals surface area contributed by atoms with Crippen LogP contribution in [-0.2, 0) is 17.6 Å². The first-order valence-corrected chi connectivity index (χ1v) is 10.2. The van der Waals surface area contributed by atoms with Gasteiger partial charge in [0.1, 0.15) is 5.60 Å². The molecule has 1 aliphatic rings. The lowest BCUT2D eigenvalue weighted by atomic mass is 9.98. The second-order valence-corrected chi connectivity index (χ2v) is 8.88. The Kier molecular flexibility index (Phi) is 6.41. The van der Waals surface area contributed by atoms with Crippen molar-refractivity contribution in [2.75, 3.05) is 18.4 Å². The summed E-state index contributed by atoms with van der Waals surface area (Å²) in [6.07, 6.45) is 1.18. The number of anilines is 1. The molecule has 2 aromatic rings. The Bertz CT molecular complexity index is 849. The molecule has 0 spiro atoms. The van der Waals surface area contributed by atoms with Gasteiger partial charge >= 0.3 is 6.09 Å². The van der Waals surface area contributed by atoms with Gasteiger partial charge in [-0.25, -0.2) is 4.79 Å². The van der Waals surface area contributed by atoms with Gasteiger partial charge in [-0.2, -0.15) is 0 Å². The van der Waals surface area contributed by atoms with Crippen molar-refractivity contribution in [1.82, 2.24) is 4.90 Å². The zero-order chi connectivity index (χ0) is 20.3. The van der Waals surface area contributed by atoms with Crippen LogP contribution >= 0.6 is 23.2 Å². The predicted octanol–water partition coefficient (Wildman–Crippen LogP) is 5.81. The summed E-state index contributed by atoms with van der Waals surface area (Å²) in [6.45, 7) is 6.89. The van der Waals surface area contributed by atoms with E-state index >= 15 is 0 Å². The molecule has 0 radical (unpaired) electrons. The number of halogens is 2. The van der Waals surface area contributed by atoms with Gasteiger partial charge in [-0.05, 0) is 62.9 Å². The van der Waals surface area contributed by atoms with E-state index in [0.717, 1.165) is 17.7 Å². The fourth-order valence-corrected chi connectivity index (χ4v) is 3.65. The molecule has 3 rings (SSSR count). The first kappa shape index (κ1) is 20.8. The highest BCUT2D eigenvalue weighted by Crippen LogP contribution is 2.26. The summed E-state index contributed by atoms with van der Waals surface area (Å²) < 4.78 is 5.68. The molecular weight excluding hydrogens is 395 g/mol. The van der Waals surface area contributed by atoms with Gasteiger partial charge in [-0.3, -0.25) is 0 Å². The summed E-state index contributed by atoms with van der Waals surface area (Å²) in [4.78, 5) is 14.8. The third-order valence-electron chi connectivity index (χ3n) is 4.70. The Morgan fingerprint density at radius 3 is 2.64 bits per heavy atom. The molecule has 6 heteroatoms. The van der Waals surface area contributed by atoms with Gasteiger partial charge in [0.2, 0.25) is 0 Å². The van der Waals surface area contributed by atoms with E-state index in [1.54, 1.807) is 6.07 Å². The Morgan fingerprint density at radius 2 is 1.93 bits per heavy atom. The van der Waals surface area contributed by atoms with Crippen LogP contribution in [0.5, 0.6) is 0 Å². The number of fused-ring (bicyclic) bond motifs is 1. The molecule has 2 aromatic carbocycles. The molecule has 1 atom stereocenters. The molecule has 0 saturated heterocycles. The fraction of sp³-hybridized carbons (Fsp3) is 0.409. The normalized spacial score (nSPS) is 16.1. The second-order valence-electron chi connectivity index (χ2n) is 8.07. The molecule has 0 saturated carbocycles. The van der Waals surface area contributed by atoms with E-state index < -0.39 is 5.60 Å². The van der Waals surface area contributed by atoms with Crippen molar-refractivity contribution in [1.29, 1.82) is 0 Å². The maximum absolute atomic E-state index is 12.9. The number of carbonyl (C=O) groups is 1. The second kappa shape index (κ2) is 8.62. The molecule has 1 N–H and O–H groups in total. The lowest BCUT2D eigenvalue weighted by Gasteiger charge is -2.36. The van der Waals surface area contributed by atoms with Crippen LogP contribution in [0.3, 0.4) is 0 Å². The minimum atomic E-state index is -0.543. The Hall–Kier alpha value is -1.91. The lowest BCUT2D eigenvalue weighted by Crippen LogP contribution is -2.49. The minimum Gasteiger partial charge on any atom is -0.444 e. The zero-order valence-electron chi connectivity index (χ0n) is 16.5. The van der Waals surface area contributed by atoms with E-state index in [1.165, 1.54) is 5.56 Å². The Balaban J connectivity index is 1.77. The van der Waals surface area contributed by atoms with E-state index in [0.29, 0.717) is 29.6 Å². The lowest BCUT2D eigenvalue weighted by molar-refractivity contribution is 0.0171. The molecular formula is C22H26Cl2N2O2. The van der Waals surface area contributed by atoms with Crippen LogP contribution < -0.4 is 5.32 Å². The van der Waals surface area contributed by atoms with Crippen molar-refractivity contribution in [3.8, 4) is 0 Å². The summed E-state index contributed by atoms with van der Waals surface area (Å²) >= 11 is 12.1. The van der Waals surface area contributed by atoms with Gasteiger partial charge in [0.15, 0.2) is 0 Å². The molecule has 1 heterocycles. The van der Waals surface area contributed by atoms with Crippen LogP contribution in [0.2, 0.25) is 10.0 Å². The van der Waals surface area contributed by atoms with E-state index in [4.69, 9.17) is 27.9 Å². The number of carbonyl (C=O) groups excluding carboxylic acids is 1. The monoisotopic (exact) mass is 420 g/mol. The zero-order valence-corrected chi connectivity index (χ0v) is 18.0. The highest BCUT2D eigenvalue weighted by molar-refractivity contribution is 6.42. The van der Waals surface area contributed by atoms with E-state index in [9.17, 15) is 4.79 Å². The first-order valence-electron chi connectivity index (χ1n) is 9.48. The summed E-state index contributed by atoms with van der Waals surface area (Å²) in [5.41, 5.74) is 2.83. The maximum atomic E-state index is 12.9. The highest BCUT2D eigenvalue weighted by Gasteiger charge is 2.30. The summed E-state index contributed by atoms with van der Waals surface area (Å²) in [5, 5.41) is 4.49. The third-order valence-corrected chi connectivity index (χ3v) is 5.43. The van der Waals surface area contributed by atoms with Gasteiger partial charge in [-0.15, -0.1) is 0 Å². The maximum Gasteiger partial charge on any atom is 0.410 e. The average molecular weight is 421 g/mol. The number of amides is 1. The smallest absolute Gasteiger partial charge is 0.410 e. The van der Waals surface area contributed by atoms with Gasteiger partial charge < -0.3 is 15.0 Å². The van der Waals surface area contributed by atoms with Gasteiger partial charge in [0.25, 0.3) is 0 Å². The molecule has 1 amide bonds. The number of hydrogen-bond acceptors (Lipinski definition) is 3. The van der Waals surface area contributed by atoms with E-state index in [2.05, 4.69) is 17.4 Å². The number of ether oxygens (including phenoxy) is 1.